The van der Waals surface area contributed by atoms with Gasteiger partial charge in [0.25, 0.3) is 5.91 Å². The van der Waals surface area contributed by atoms with Gasteiger partial charge in [-0.25, -0.2) is 9.78 Å². The van der Waals surface area contributed by atoms with Crippen molar-refractivity contribution in [1.29, 1.82) is 0 Å². The van der Waals surface area contributed by atoms with Crippen LogP contribution in [0.1, 0.15) is 23.0 Å². The summed E-state index contributed by atoms with van der Waals surface area (Å²) in [6, 6.07) is 15.0. The minimum atomic E-state index is -0.901. The van der Waals surface area contributed by atoms with E-state index in [0.29, 0.717) is 17.6 Å². The van der Waals surface area contributed by atoms with Crippen molar-refractivity contribution in [3.8, 4) is 0 Å². The number of nitrogens with zero attached hydrogens (tertiary/aromatic N) is 3. The lowest BCUT2D eigenvalue weighted by molar-refractivity contribution is -0.126. The number of carbonyl (C=O) groups excluding carboxylic acids is 2. The van der Waals surface area contributed by atoms with Crippen molar-refractivity contribution in [2.75, 3.05) is 11.4 Å². The molecule has 3 aromatic rings. The Morgan fingerprint density at radius 3 is 2.65 bits per heavy atom. The molecule has 0 saturated carbocycles. The fourth-order valence-corrected chi connectivity index (χ4v) is 3.11. The number of hydrogen-bond acceptors (Lipinski definition) is 5. The van der Waals surface area contributed by atoms with E-state index in [1.165, 1.54) is 6.20 Å². The van der Waals surface area contributed by atoms with E-state index in [-0.39, 0.29) is 11.6 Å². The van der Waals surface area contributed by atoms with E-state index in [2.05, 4.69) is 9.97 Å². The summed E-state index contributed by atoms with van der Waals surface area (Å²) in [5, 5.41) is 0. The van der Waals surface area contributed by atoms with Crippen LogP contribution in [0.4, 0.5) is 5.69 Å². The number of amides is 1. The van der Waals surface area contributed by atoms with E-state index >= 15 is 0 Å². The average Bonchev–Trinajstić information content (AvgIpc) is 3.11. The lowest BCUT2D eigenvalue weighted by atomic mass is 10.2. The van der Waals surface area contributed by atoms with E-state index < -0.39 is 12.1 Å². The Morgan fingerprint density at radius 2 is 1.81 bits per heavy atom. The second-order valence-electron chi connectivity index (χ2n) is 6.16. The Bertz CT molecular complexity index is 1000. The zero-order valence-electron chi connectivity index (χ0n) is 14.3. The molecule has 1 amide bonds. The van der Waals surface area contributed by atoms with E-state index in [4.69, 9.17) is 4.74 Å². The number of hydrogen-bond donors (Lipinski definition) is 0. The molecule has 1 aliphatic heterocycles. The molecular formula is C20H17N3O3. The number of anilines is 1. The van der Waals surface area contributed by atoms with Crippen LogP contribution in [0.3, 0.4) is 0 Å². The quantitative estimate of drug-likeness (QED) is 0.681. The molecule has 0 saturated heterocycles. The number of ether oxygens (including phenoxy) is 1. The normalized spacial score (nSPS) is 14.1. The topological polar surface area (TPSA) is 72.4 Å². The lowest BCUT2D eigenvalue weighted by Gasteiger charge is -2.21. The van der Waals surface area contributed by atoms with Crippen molar-refractivity contribution in [1.82, 2.24) is 9.97 Å². The van der Waals surface area contributed by atoms with Crippen LogP contribution in [0.25, 0.3) is 11.0 Å². The fraction of sp³-hybridized carbons (Fsp3) is 0.200. The molecule has 0 fully saturated rings. The minimum absolute atomic E-state index is 0.0881. The summed E-state index contributed by atoms with van der Waals surface area (Å²) in [4.78, 5) is 35.2. The monoisotopic (exact) mass is 347 g/mol. The van der Waals surface area contributed by atoms with Gasteiger partial charge < -0.3 is 9.64 Å². The van der Waals surface area contributed by atoms with Crippen LogP contribution < -0.4 is 4.90 Å². The van der Waals surface area contributed by atoms with Gasteiger partial charge in [0.05, 0.1) is 17.2 Å². The van der Waals surface area contributed by atoms with Gasteiger partial charge in [-0.1, -0.05) is 30.3 Å². The van der Waals surface area contributed by atoms with Crippen molar-refractivity contribution >= 4 is 28.6 Å². The Balaban J connectivity index is 1.49. The molecule has 0 bridgehead atoms. The zero-order valence-corrected chi connectivity index (χ0v) is 14.3. The maximum Gasteiger partial charge on any atom is 0.359 e. The molecule has 0 spiro atoms. The molecule has 0 aliphatic carbocycles. The molecule has 0 radical (unpaired) electrons. The van der Waals surface area contributed by atoms with E-state index in [1.807, 2.05) is 42.5 Å². The molecule has 1 aromatic heterocycles. The van der Waals surface area contributed by atoms with E-state index in [0.717, 1.165) is 17.7 Å². The maximum atomic E-state index is 12.7. The summed E-state index contributed by atoms with van der Waals surface area (Å²) < 4.78 is 5.34. The van der Waals surface area contributed by atoms with Crippen molar-refractivity contribution in [2.24, 2.45) is 0 Å². The van der Waals surface area contributed by atoms with Crippen molar-refractivity contribution in [2.45, 2.75) is 19.4 Å². The molecule has 1 atom stereocenters. The highest BCUT2D eigenvalue weighted by atomic mass is 16.5. The first-order valence-corrected chi connectivity index (χ1v) is 8.45. The van der Waals surface area contributed by atoms with Crippen LogP contribution >= 0.6 is 0 Å². The zero-order chi connectivity index (χ0) is 18.1. The Labute approximate surface area is 150 Å². The third-order valence-electron chi connectivity index (χ3n) is 4.44. The smallest absolute Gasteiger partial charge is 0.359 e. The number of para-hydroxylation sites is 3. The number of fused-ring (bicyclic) bond motifs is 2. The molecule has 26 heavy (non-hydrogen) atoms. The minimum Gasteiger partial charge on any atom is -0.448 e. The van der Waals surface area contributed by atoms with E-state index in [1.54, 1.807) is 17.9 Å². The van der Waals surface area contributed by atoms with Gasteiger partial charge in [0.15, 0.2) is 11.8 Å². The van der Waals surface area contributed by atoms with Gasteiger partial charge in [0.1, 0.15) is 0 Å². The molecule has 1 aliphatic rings. The second-order valence-corrected chi connectivity index (χ2v) is 6.16. The summed E-state index contributed by atoms with van der Waals surface area (Å²) in [6.45, 7) is 2.17. The predicted octanol–water partition coefficient (Wildman–Crippen LogP) is 2.76. The fourth-order valence-electron chi connectivity index (χ4n) is 3.11. The van der Waals surface area contributed by atoms with Gasteiger partial charge in [-0.15, -0.1) is 0 Å². The van der Waals surface area contributed by atoms with Crippen molar-refractivity contribution < 1.29 is 14.3 Å². The Morgan fingerprint density at radius 1 is 1.08 bits per heavy atom. The van der Waals surface area contributed by atoms with Gasteiger partial charge in [0.2, 0.25) is 0 Å². The van der Waals surface area contributed by atoms with Crippen LogP contribution in [0.2, 0.25) is 0 Å². The van der Waals surface area contributed by atoms with Crippen LogP contribution in [-0.4, -0.2) is 34.5 Å². The SMILES string of the molecule is CC(OC(=O)c1cnc2ccccc2n1)C(=O)N1CCc2ccccc21. The molecule has 130 valence electrons. The number of esters is 1. The van der Waals surface area contributed by atoms with Crippen LogP contribution in [0.15, 0.2) is 54.7 Å². The van der Waals surface area contributed by atoms with E-state index in [9.17, 15) is 9.59 Å². The largest absolute Gasteiger partial charge is 0.448 e. The maximum absolute atomic E-state index is 12.7. The van der Waals surface area contributed by atoms with Crippen LogP contribution in [0, 0.1) is 0 Å². The highest BCUT2D eigenvalue weighted by Crippen LogP contribution is 2.28. The van der Waals surface area contributed by atoms with Crippen molar-refractivity contribution in [3.63, 3.8) is 0 Å². The summed E-state index contributed by atoms with van der Waals surface area (Å²) >= 11 is 0. The van der Waals surface area contributed by atoms with Crippen LogP contribution in [0.5, 0.6) is 0 Å². The van der Waals surface area contributed by atoms with Crippen molar-refractivity contribution in [3.05, 3.63) is 66.0 Å². The third-order valence-corrected chi connectivity index (χ3v) is 4.44. The number of aromatic nitrogens is 2. The highest BCUT2D eigenvalue weighted by molar-refractivity contribution is 6.00. The molecule has 2 heterocycles. The standard InChI is InChI=1S/C20H17N3O3/c1-13(19(24)23-11-10-14-6-2-5-9-18(14)23)26-20(25)17-12-21-15-7-3-4-8-16(15)22-17/h2-9,12-13H,10-11H2,1H3. The Hall–Kier alpha value is -3.28. The molecule has 4 rings (SSSR count). The van der Waals surface area contributed by atoms with Crippen LogP contribution in [-0.2, 0) is 16.0 Å². The number of carbonyl (C=O) groups is 2. The molecule has 6 heteroatoms. The third kappa shape index (κ3) is 2.90. The molecular weight excluding hydrogens is 330 g/mol. The molecule has 0 N–H and O–H groups in total. The van der Waals surface area contributed by atoms with Gasteiger partial charge in [-0.2, -0.15) is 0 Å². The predicted molar refractivity (Wildman–Crippen MR) is 96.9 cm³/mol. The Kier molecular flexibility index (Phi) is 4.08. The summed E-state index contributed by atoms with van der Waals surface area (Å²) in [5.74, 6) is -0.895. The second kappa shape index (κ2) is 6.55. The lowest BCUT2D eigenvalue weighted by Crippen LogP contribution is -2.39. The number of rotatable bonds is 3. The molecule has 2 aromatic carbocycles. The van der Waals surface area contributed by atoms with Gasteiger partial charge in [-0.05, 0) is 37.1 Å². The summed E-state index contributed by atoms with van der Waals surface area (Å²) in [6.07, 6.45) is 1.27. The van der Waals surface area contributed by atoms with Gasteiger partial charge >= 0.3 is 5.97 Å². The van der Waals surface area contributed by atoms with Gasteiger partial charge in [0, 0.05) is 12.2 Å². The number of benzene rings is 2. The summed E-state index contributed by atoms with van der Waals surface area (Å²) in [5.41, 5.74) is 3.40. The first kappa shape index (κ1) is 16.2. The first-order valence-electron chi connectivity index (χ1n) is 8.45. The summed E-state index contributed by atoms with van der Waals surface area (Å²) in [7, 11) is 0. The average molecular weight is 347 g/mol. The molecule has 1 unspecified atom stereocenters. The van der Waals surface area contributed by atoms with Gasteiger partial charge in [-0.3, -0.25) is 9.78 Å². The molecule has 6 nitrogen and oxygen atoms in total. The highest BCUT2D eigenvalue weighted by Gasteiger charge is 2.30. The first-order chi connectivity index (χ1) is 12.6.